The van der Waals surface area contributed by atoms with Crippen molar-refractivity contribution in [3.8, 4) is 39.1 Å². The van der Waals surface area contributed by atoms with Crippen LogP contribution in [0.15, 0.2) is 127 Å². The lowest BCUT2D eigenvalue weighted by Gasteiger charge is -2.21. The predicted molar refractivity (Wildman–Crippen MR) is 178 cm³/mol. The van der Waals surface area contributed by atoms with Crippen LogP contribution >= 0.6 is 0 Å². The summed E-state index contributed by atoms with van der Waals surface area (Å²) in [6.07, 6.45) is 0. The molecule has 0 saturated carbocycles. The number of hydrogen-bond acceptors (Lipinski definition) is 0. The summed E-state index contributed by atoms with van der Waals surface area (Å²) < 4.78 is 2.50. The summed E-state index contributed by atoms with van der Waals surface area (Å²) in [4.78, 5) is 0. The highest BCUT2D eigenvalue weighted by molar-refractivity contribution is 6.25. The molecule has 0 atom stereocenters. The molecule has 0 fully saturated rings. The highest BCUT2D eigenvalue weighted by atomic mass is 15.0. The SMILES string of the molecule is CC1(C)c2ccccc2-c2c1ccc1c2ccc2c1c1ccccc1n2-c1ccc2c3c(cccc13)-c1ccccc1-2. The van der Waals surface area contributed by atoms with Crippen LogP contribution in [0.1, 0.15) is 25.0 Å². The Labute approximate surface area is 244 Å². The fourth-order valence-corrected chi connectivity index (χ4v) is 8.32. The largest absolute Gasteiger partial charge is 0.309 e. The lowest BCUT2D eigenvalue weighted by Crippen LogP contribution is -2.14. The molecule has 7 aromatic carbocycles. The number of benzene rings is 7. The Balaban J connectivity index is 1.33. The Morgan fingerprint density at radius 2 is 1.07 bits per heavy atom. The van der Waals surface area contributed by atoms with Crippen LogP contribution in [0.25, 0.3) is 82.4 Å². The first-order valence-corrected chi connectivity index (χ1v) is 14.9. The molecule has 0 amide bonds. The van der Waals surface area contributed by atoms with Gasteiger partial charge in [0.15, 0.2) is 0 Å². The van der Waals surface area contributed by atoms with Gasteiger partial charge in [0.2, 0.25) is 0 Å². The van der Waals surface area contributed by atoms with Crippen molar-refractivity contribution in [1.82, 2.24) is 4.57 Å². The van der Waals surface area contributed by atoms with Crippen LogP contribution < -0.4 is 0 Å². The van der Waals surface area contributed by atoms with Crippen LogP contribution in [0.5, 0.6) is 0 Å². The fourth-order valence-electron chi connectivity index (χ4n) is 8.32. The Kier molecular flexibility index (Phi) is 4.06. The Bertz CT molecular complexity index is 2460. The zero-order valence-electron chi connectivity index (χ0n) is 23.6. The zero-order chi connectivity index (χ0) is 27.7. The lowest BCUT2D eigenvalue weighted by atomic mass is 9.82. The summed E-state index contributed by atoms with van der Waals surface area (Å²) in [6.45, 7) is 4.73. The van der Waals surface area contributed by atoms with Crippen molar-refractivity contribution in [2.75, 3.05) is 0 Å². The molecule has 0 radical (unpaired) electrons. The van der Waals surface area contributed by atoms with Gasteiger partial charge in [0.05, 0.1) is 16.7 Å². The number of para-hydroxylation sites is 1. The van der Waals surface area contributed by atoms with Crippen molar-refractivity contribution >= 4 is 43.4 Å². The third-order valence-corrected chi connectivity index (χ3v) is 10.1. The molecule has 1 heteroatoms. The topological polar surface area (TPSA) is 4.93 Å². The fraction of sp³-hybridized carbons (Fsp3) is 0.0732. The van der Waals surface area contributed by atoms with E-state index in [4.69, 9.17) is 0 Å². The number of nitrogens with zero attached hydrogens (tertiary/aromatic N) is 1. The van der Waals surface area contributed by atoms with Gasteiger partial charge in [0.25, 0.3) is 0 Å². The standard InChI is InChI=1S/C41H27N/c1-41(2)33-16-7-5-12-30(33)39-28-20-23-37-40(29(28)18-21-34(39)41)32-13-6-8-17-35(32)42(37)36-22-19-27-25-11-4-3-10-24(25)26-14-9-15-31(36)38(26)27/h3-23H,1-2H3. The summed E-state index contributed by atoms with van der Waals surface area (Å²) in [5.41, 5.74) is 14.7. The molecule has 0 spiro atoms. The van der Waals surface area contributed by atoms with Crippen LogP contribution in [-0.4, -0.2) is 4.57 Å². The van der Waals surface area contributed by atoms with Gasteiger partial charge in [-0.2, -0.15) is 0 Å². The van der Waals surface area contributed by atoms with E-state index >= 15 is 0 Å². The minimum absolute atomic E-state index is 0.00864. The molecule has 2 aliphatic carbocycles. The molecule has 42 heavy (non-hydrogen) atoms. The molecule has 0 bridgehead atoms. The van der Waals surface area contributed by atoms with Gasteiger partial charge in [-0.3, -0.25) is 0 Å². The highest BCUT2D eigenvalue weighted by Gasteiger charge is 2.36. The highest BCUT2D eigenvalue weighted by Crippen LogP contribution is 2.53. The van der Waals surface area contributed by atoms with E-state index in [0.717, 1.165) is 0 Å². The van der Waals surface area contributed by atoms with Crippen LogP contribution in [-0.2, 0) is 5.41 Å². The monoisotopic (exact) mass is 533 g/mol. The van der Waals surface area contributed by atoms with Gasteiger partial charge >= 0.3 is 0 Å². The lowest BCUT2D eigenvalue weighted by molar-refractivity contribution is 0.661. The Morgan fingerprint density at radius 3 is 1.93 bits per heavy atom. The quantitative estimate of drug-likeness (QED) is 0.198. The van der Waals surface area contributed by atoms with Crippen molar-refractivity contribution < 1.29 is 0 Å². The maximum atomic E-state index is 2.50. The van der Waals surface area contributed by atoms with Crippen molar-refractivity contribution in [3.63, 3.8) is 0 Å². The van der Waals surface area contributed by atoms with E-state index in [1.165, 1.54) is 93.5 Å². The first-order valence-electron chi connectivity index (χ1n) is 14.9. The summed E-state index contributed by atoms with van der Waals surface area (Å²) >= 11 is 0. The first kappa shape index (κ1) is 22.5. The average molecular weight is 534 g/mol. The molecule has 196 valence electrons. The number of fused-ring (bicyclic) bond motifs is 12. The van der Waals surface area contributed by atoms with Crippen LogP contribution in [0.3, 0.4) is 0 Å². The van der Waals surface area contributed by atoms with E-state index in [1.54, 1.807) is 0 Å². The van der Waals surface area contributed by atoms with Crippen LogP contribution in [0, 0.1) is 0 Å². The van der Waals surface area contributed by atoms with Crippen molar-refractivity contribution in [2.24, 2.45) is 0 Å². The molecule has 1 aromatic heterocycles. The van der Waals surface area contributed by atoms with Crippen molar-refractivity contribution in [1.29, 1.82) is 0 Å². The second-order valence-electron chi connectivity index (χ2n) is 12.5. The third-order valence-electron chi connectivity index (χ3n) is 10.1. The summed E-state index contributed by atoms with van der Waals surface area (Å²) in [7, 11) is 0. The maximum absolute atomic E-state index is 2.50. The van der Waals surface area contributed by atoms with Crippen LogP contribution in [0.2, 0.25) is 0 Å². The van der Waals surface area contributed by atoms with Gasteiger partial charge < -0.3 is 4.57 Å². The van der Waals surface area contributed by atoms with Gasteiger partial charge in [-0.05, 0) is 78.9 Å². The van der Waals surface area contributed by atoms with E-state index in [-0.39, 0.29) is 5.41 Å². The maximum Gasteiger partial charge on any atom is 0.0547 e. The van der Waals surface area contributed by atoms with E-state index < -0.39 is 0 Å². The smallest absolute Gasteiger partial charge is 0.0547 e. The van der Waals surface area contributed by atoms with E-state index in [0.29, 0.717) is 0 Å². The predicted octanol–water partition coefficient (Wildman–Crippen LogP) is 11.0. The molecular formula is C41H27N. The molecule has 2 aliphatic rings. The molecule has 0 saturated heterocycles. The van der Waals surface area contributed by atoms with Crippen LogP contribution in [0.4, 0.5) is 0 Å². The van der Waals surface area contributed by atoms with Gasteiger partial charge in [-0.1, -0.05) is 123 Å². The van der Waals surface area contributed by atoms with Crippen molar-refractivity contribution in [2.45, 2.75) is 19.3 Å². The number of hydrogen-bond donors (Lipinski definition) is 0. The van der Waals surface area contributed by atoms with Crippen molar-refractivity contribution in [3.05, 3.63) is 139 Å². The summed E-state index contributed by atoms with van der Waals surface area (Å²) in [5.74, 6) is 0. The van der Waals surface area contributed by atoms with E-state index in [9.17, 15) is 0 Å². The van der Waals surface area contributed by atoms with Gasteiger partial charge in [0, 0.05) is 21.6 Å². The summed E-state index contributed by atoms with van der Waals surface area (Å²) in [6, 6.07) is 47.7. The molecule has 1 nitrogen and oxygen atoms in total. The molecule has 0 N–H and O–H groups in total. The van der Waals surface area contributed by atoms with E-state index in [1.807, 2.05) is 0 Å². The second kappa shape index (κ2) is 7.57. The van der Waals surface area contributed by atoms with Gasteiger partial charge in [-0.15, -0.1) is 0 Å². The second-order valence-corrected chi connectivity index (χ2v) is 12.5. The molecular weight excluding hydrogens is 506 g/mol. The first-order chi connectivity index (χ1) is 20.6. The Morgan fingerprint density at radius 1 is 0.405 bits per heavy atom. The molecule has 1 heterocycles. The molecule has 0 aliphatic heterocycles. The third kappa shape index (κ3) is 2.56. The normalized spacial score (nSPS) is 14.1. The van der Waals surface area contributed by atoms with Gasteiger partial charge in [0.1, 0.15) is 0 Å². The summed E-state index contributed by atoms with van der Waals surface area (Å²) in [5, 5.41) is 7.96. The minimum atomic E-state index is -0.00864. The molecule has 8 aromatic rings. The minimum Gasteiger partial charge on any atom is -0.309 e. The molecule has 0 unspecified atom stereocenters. The average Bonchev–Trinajstić information content (AvgIpc) is 3.63. The number of rotatable bonds is 1. The Hall–Kier alpha value is -5.14. The molecule has 10 rings (SSSR count). The number of aromatic nitrogens is 1. The zero-order valence-corrected chi connectivity index (χ0v) is 23.6. The van der Waals surface area contributed by atoms with E-state index in [2.05, 4.69) is 146 Å². The van der Waals surface area contributed by atoms with Gasteiger partial charge in [-0.25, -0.2) is 0 Å².